The van der Waals surface area contributed by atoms with Gasteiger partial charge in [0.05, 0.1) is 5.54 Å². The van der Waals surface area contributed by atoms with Gasteiger partial charge in [0.2, 0.25) is 0 Å². The minimum absolute atomic E-state index is 0.0412. The largest absolute Gasteiger partial charge is 0.328 e. The van der Waals surface area contributed by atoms with Crippen molar-refractivity contribution in [2.24, 2.45) is 17.8 Å². The van der Waals surface area contributed by atoms with Crippen molar-refractivity contribution in [2.75, 3.05) is 6.54 Å². The third-order valence-electron chi connectivity index (χ3n) is 6.46. The quantitative estimate of drug-likeness (QED) is 0.725. The van der Waals surface area contributed by atoms with Crippen LogP contribution in [0, 0.1) is 17.8 Å². The van der Waals surface area contributed by atoms with Crippen molar-refractivity contribution in [1.82, 2.24) is 9.80 Å². The van der Waals surface area contributed by atoms with Crippen LogP contribution in [0.2, 0.25) is 0 Å². The van der Waals surface area contributed by atoms with Crippen molar-refractivity contribution in [1.29, 1.82) is 0 Å². The summed E-state index contributed by atoms with van der Waals surface area (Å²) in [6.45, 7) is 0.352. The van der Waals surface area contributed by atoms with E-state index in [1.54, 1.807) is 4.90 Å². The van der Waals surface area contributed by atoms with Crippen molar-refractivity contribution in [3.63, 3.8) is 0 Å². The first kappa shape index (κ1) is 11.6. The molecule has 108 valence electrons. The van der Waals surface area contributed by atoms with Crippen molar-refractivity contribution >= 4 is 11.9 Å². The molecule has 0 N–H and O–H groups in total. The van der Waals surface area contributed by atoms with Crippen LogP contribution < -0.4 is 0 Å². The Morgan fingerprint density at radius 1 is 0.900 bits per heavy atom. The van der Waals surface area contributed by atoms with Crippen molar-refractivity contribution < 1.29 is 9.59 Å². The molecule has 5 saturated carbocycles. The summed E-state index contributed by atoms with van der Waals surface area (Å²) in [5, 5.41) is 0. The topological polar surface area (TPSA) is 40.6 Å². The molecule has 3 amide bonds. The first-order valence-electron chi connectivity index (χ1n) is 8.28. The molecule has 6 fully saturated rings. The van der Waals surface area contributed by atoms with E-state index >= 15 is 0 Å². The van der Waals surface area contributed by atoms with Crippen LogP contribution >= 0.6 is 0 Å². The maximum Gasteiger partial charge on any atom is 0.328 e. The van der Waals surface area contributed by atoms with Gasteiger partial charge in [0, 0.05) is 6.04 Å². The molecular weight excluding hydrogens is 252 g/mol. The fourth-order valence-corrected chi connectivity index (χ4v) is 6.00. The average Bonchev–Trinajstić information content (AvgIpc) is 3.13. The fourth-order valence-electron chi connectivity index (χ4n) is 6.00. The summed E-state index contributed by atoms with van der Waals surface area (Å²) in [5.41, 5.74) is -0.0907. The van der Waals surface area contributed by atoms with Gasteiger partial charge in [-0.25, -0.2) is 4.79 Å². The second-order valence-electron chi connectivity index (χ2n) is 8.01. The summed E-state index contributed by atoms with van der Waals surface area (Å²) in [6, 6.07) is 0.407. The van der Waals surface area contributed by atoms with E-state index in [-0.39, 0.29) is 17.5 Å². The lowest BCUT2D eigenvalue weighted by molar-refractivity contribution is -0.138. The van der Waals surface area contributed by atoms with Crippen molar-refractivity contribution in [3.8, 4) is 0 Å². The molecule has 6 rings (SSSR count). The smallest absolute Gasteiger partial charge is 0.312 e. The van der Waals surface area contributed by atoms with E-state index in [0.717, 1.165) is 49.9 Å². The minimum Gasteiger partial charge on any atom is -0.312 e. The number of carbonyl (C=O) groups is 2. The molecule has 4 bridgehead atoms. The Bertz CT molecular complexity index is 461. The van der Waals surface area contributed by atoms with Crippen LogP contribution in [-0.4, -0.2) is 39.9 Å². The summed E-state index contributed by atoms with van der Waals surface area (Å²) in [7, 11) is 0. The number of urea groups is 1. The van der Waals surface area contributed by atoms with E-state index in [1.165, 1.54) is 19.3 Å². The van der Waals surface area contributed by atoms with E-state index < -0.39 is 0 Å². The summed E-state index contributed by atoms with van der Waals surface area (Å²) in [4.78, 5) is 28.8. The first-order valence-corrected chi connectivity index (χ1v) is 8.28. The van der Waals surface area contributed by atoms with E-state index in [4.69, 9.17) is 0 Å². The van der Waals surface area contributed by atoms with Gasteiger partial charge in [0.15, 0.2) is 0 Å². The van der Waals surface area contributed by atoms with E-state index in [2.05, 4.69) is 0 Å². The highest BCUT2D eigenvalue weighted by Crippen LogP contribution is 2.58. The number of amides is 3. The maximum absolute atomic E-state index is 12.7. The van der Waals surface area contributed by atoms with Crippen LogP contribution in [0.4, 0.5) is 4.79 Å². The van der Waals surface area contributed by atoms with Gasteiger partial charge in [0.25, 0.3) is 5.91 Å². The zero-order valence-electron chi connectivity index (χ0n) is 11.9. The van der Waals surface area contributed by atoms with Gasteiger partial charge in [-0.15, -0.1) is 0 Å². The number of hydrogen-bond donors (Lipinski definition) is 0. The lowest BCUT2D eigenvalue weighted by Gasteiger charge is -2.58. The molecule has 4 heteroatoms. The molecule has 4 nitrogen and oxygen atoms in total. The Kier molecular flexibility index (Phi) is 2.07. The second-order valence-corrected chi connectivity index (χ2v) is 8.01. The molecular formula is C16H22N2O2. The molecule has 0 aromatic heterocycles. The highest BCUT2D eigenvalue weighted by Gasteiger charge is 2.59. The number of nitrogens with zero attached hydrogens (tertiary/aromatic N) is 2. The molecule has 5 aliphatic carbocycles. The van der Waals surface area contributed by atoms with E-state index in [0.29, 0.717) is 12.6 Å². The zero-order valence-corrected chi connectivity index (χ0v) is 11.9. The minimum atomic E-state index is -0.0907. The molecule has 0 aromatic carbocycles. The molecule has 0 atom stereocenters. The molecule has 0 aromatic rings. The molecule has 1 heterocycles. The van der Waals surface area contributed by atoms with Crippen molar-refractivity contribution in [3.05, 3.63) is 0 Å². The number of imide groups is 1. The first-order chi connectivity index (χ1) is 9.64. The van der Waals surface area contributed by atoms with Crippen LogP contribution in [0.25, 0.3) is 0 Å². The van der Waals surface area contributed by atoms with E-state index in [1.807, 2.05) is 4.90 Å². The Hall–Kier alpha value is -1.06. The Morgan fingerprint density at radius 2 is 1.45 bits per heavy atom. The van der Waals surface area contributed by atoms with Gasteiger partial charge < -0.3 is 4.90 Å². The lowest BCUT2D eigenvalue weighted by Crippen LogP contribution is -2.61. The highest BCUT2D eigenvalue weighted by atomic mass is 16.2. The summed E-state index contributed by atoms with van der Waals surface area (Å²) >= 11 is 0. The maximum atomic E-state index is 12.7. The fraction of sp³-hybridized carbons (Fsp3) is 0.875. The molecule has 6 aliphatic rings. The molecule has 0 spiro atoms. The normalized spacial score (nSPS) is 46.7. The second kappa shape index (κ2) is 3.58. The predicted molar refractivity (Wildman–Crippen MR) is 72.9 cm³/mol. The Morgan fingerprint density at radius 3 is 1.95 bits per heavy atom. The zero-order chi connectivity index (χ0) is 13.5. The Labute approximate surface area is 119 Å². The van der Waals surface area contributed by atoms with Crippen molar-refractivity contribution in [2.45, 2.75) is 62.9 Å². The van der Waals surface area contributed by atoms with Gasteiger partial charge in [0.1, 0.15) is 6.54 Å². The van der Waals surface area contributed by atoms with Gasteiger partial charge in [-0.05, 0) is 69.1 Å². The van der Waals surface area contributed by atoms with Gasteiger partial charge in [-0.3, -0.25) is 9.69 Å². The van der Waals surface area contributed by atoms with Crippen LogP contribution in [-0.2, 0) is 4.79 Å². The number of carbonyl (C=O) groups excluding carboxylic acids is 2. The van der Waals surface area contributed by atoms with Crippen LogP contribution in [0.1, 0.15) is 51.4 Å². The summed E-state index contributed by atoms with van der Waals surface area (Å²) in [6.07, 6.45) is 9.51. The van der Waals surface area contributed by atoms with Gasteiger partial charge >= 0.3 is 6.03 Å². The molecule has 20 heavy (non-hydrogen) atoms. The average molecular weight is 274 g/mol. The van der Waals surface area contributed by atoms with Crippen LogP contribution in [0.15, 0.2) is 0 Å². The summed E-state index contributed by atoms with van der Waals surface area (Å²) in [5.74, 6) is 2.41. The molecule has 1 aliphatic heterocycles. The molecule has 1 saturated heterocycles. The third-order valence-corrected chi connectivity index (χ3v) is 6.46. The van der Waals surface area contributed by atoms with Crippen LogP contribution in [0.3, 0.4) is 0 Å². The SMILES string of the molecule is O=C1CN(C2CC2)C(=O)N1C12CC3CC(CC(C3)C1)C2. The highest BCUT2D eigenvalue weighted by molar-refractivity contribution is 6.03. The molecule has 0 radical (unpaired) electrons. The Balaban J connectivity index is 1.49. The summed E-state index contributed by atoms with van der Waals surface area (Å²) < 4.78 is 0. The lowest BCUT2D eigenvalue weighted by atomic mass is 9.52. The predicted octanol–water partition coefficient (Wildman–Crippen LogP) is 2.38. The van der Waals surface area contributed by atoms with Gasteiger partial charge in [-0.1, -0.05) is 0 Å². The van der Waals surface area contributed by atoms with Gasteiger partial charge in [-0.2, -0.15) is 0 Å². The number of rotatable bonds is 2. The monoisotopic (exact) mass is 274 g/mol. The van der Waals surface area contributed by atoms with E-state index in [9.17, 15) is 9.59 Å². The molecule has 0 unspecified atom stereocenters. The third kappa shape index (κ3) is 1.43. The number of hydrogen-bond acceptors (Lipinski definition) is 2. The van der Waals surface area contributed by atoms with Crippen LogP contribution in [0.5, 0.6) is 0 Å². The standard InChI is InChI=1S/C16H22N2O2/c19-14-9-17(13-1-2-13)15(20)18(14)16-6-10-3-11(7-16)5-12(4-10)8-16/h10-13H,1-9H2.